The van der Waals surface area contributed by atoms with E-state index in [-0.39, 0.29) is 21.7 Å². The van der Waals surface area contributed by atoms with E-state index in [2.05, 4.69) is 247 Å². The highest BCUT2D eigenvalue weighted by atomic mass is 15.2. The number of fused-ring (bicyclic) bond motifs is 7. The van der Waals surface area contributed by atoms with E-state index in [1.54, 1.807) is 0 Å². The predicted molar refractivity (Wildman–Crippen MR) is 299 cm³/mol. The molecular formula is C68H61N3. The number of benzene rings is 8. The quantitative estimate of drug-likeness (QED) is 0.165. The van der Waals surface area contributed by atoms with E-state index in [1.807, 2.05) is 0 Å². The summed E-state index contributed by atoms with van der Waals surface area (Å²) < 4.78 is 2.68. The summed E-state index contributed by atoms with van der Waals surface area (Å²) in [7, 11) is 0. The van der Waals surface area contributed by atoms with E-state index in [0.717, 1.165) is 18.5 Å². The maximum atomic E-state index is 2.68. The van der Waals surface area contributed by atoms with Crippen LogP contribution in [0.2, 0.25) is 0 Å². The zero-order valence-corrected chi connectivity index (χ0v) is 42.8. The van der Waals surface area contributed by atoms with Crippen molar-refractivity contribution in [2.75, 3.05) is 9.80 Å². The van der Waals surface area contributed by atoms with Gasteiger partial charge in [-0.05, 0) is 166 Å². The van der Waals surface area contributed by atoms with Crippen LogP contribution in [0.1, 0.15) is 125 Å². The fourth-order valence-electron chi connectivity index (χ4n) is 14.2. The first-order chi connectivity index (χ1) is 34.0. The summed E-state index contributed by atoms with van der Waals surface area (Å²) in [5.41, 5.74) is 29.6. The van der Waals surface area contributed by atoms with Gasteiger partial charge in [0.25, 0.3) is 0 Å². The smallest absolute Gasteiger partial charge is 0.0583 e. The molecule has 2 aliphatic heterocycles. The van der Waals surface area contributed by atoms with E-state index >= 15 is 0 Å². The zero-order chi connectivity index (χ0) is 48.7. The lowest BCUT2D eigenvalue weighted by Crippen LogP contribution is -2.33. The second-order valence-corrected chi connectivity index (χ2v) is 23.5. The van der Waals surface area contributed by atoms with Crippen molar-refractivity contribution in [3.8, 4) is 27.9 Å². The SMILES string of the molecule is CC1=CCCC(N(c2ccc3c(c2)-c2ccccc2C3(C)C)c2cc3c4c(c2)c2cc(N(c5cccc(C)c5)c5ccc6c(c5)C(C)(C)c5ccccc5-6)cc5c2n4-c2c(cccc2C5(C)C)C3(C)C)=C1. The molecule has 0 spiro atoms. The van der Waals surface area contributed by atoms with E-state index in [4.69, 9.17) is 0 Å². The van der Waals surface area contributed by atoms with Gasteiger partial charge in [-0.15, -0.1) is 0 Å². The highest BCUT2D eigenvalue weighted by Crippen LogP contribution is 2.59. The summed E-state index contributed by atoms with van der Waals surface area (Å²) in [5.74, 6) is 0. The minimum atomic E-state index is -0.280. The number of hydrogen-bond donors (Lipinski definition) is 0. The Morgan fingerprint density at radius 2 is 0.887 bits per heavy atom. The van der Waals surface area contributed by atoms with Gasteiger partial charge in [0.1, 0.15) is 0 Å². The third kappa shape index (κ3) is 5.61. The minimum absolute atomic E-state index is 0.0668. The largest absolute Gasteiger partial charge is 0.314 e. The molecule has 0 atom stereocenters. The molecule has 71 heavy (non-hydrogen) atoms. The van der Waals surface area contributed by atoms with Crippen molar-refractivity contribution >= 4 is 50.2 Å². The normalized spacial score (nSPS) is 17.4. The standard InChI is InChI=1S/C68H61N3/c1-40-18-15-20-42(32-40)69(44-29-31-56-51(34-44)49-23-12-14-25-55(49)65(56,3)4)46-35-52-53-36-47(39-61-63(53)71-62(52)60(38-46)67(7,8)57-26-17-27-58(64(57)71)68(61,9)10)70(43-21-16-19-41(2)33-43)45-28-30-50-48-22-11-13-24-54(48)66(5,6)59(50)37-45/h11-14,16-19,21-39H,15,20H2,1-10H3. The molecule has 8 aromatic carbocycles. The maximum absolute atomic E-state index is 2.68. The van der Waals surface area contributed by atoms with Crippen molar-refractivity contribution in [3.05, 3.63) is 225 Å². The maximum Gasteiger partial charge on any atom is 0.0583 e. The van der Waals surface area contributed by atoms with Gasteiger partial charge < -0.3 is 14.4 Å². The molecule has 348 valence electrons. The van der Waals surface area contributed by atoms with Crippen LogP contribution in [0.25, 0.3) is 49.7 Å². The average Bonchev–Trinajstić information content (AvgIpc) is 3.91. The van der Waals surface area contributed by atoms with Gasteiger partial charge in [0.2, 0.25) is 0 Å². The van der Waals surface area contributed by atoms with Gasteiger partial charge in [-0.1, -0.05) is 158 Å². The Balaban J connectivity index is 1.07. The van der Waals surface area contributed by atoms with Gasteiger partial charge >= 0.3 is 0 Å². The van der Waals surface area contributed by atoms with Gasteiger partial charge in [0.15, 0.2) is 0 Å². The number of aromatic nitrogens is 1. The first-order valence-electron chi connectivity index (χ1n) is 25.9. The molecule has 14 rings (SSSR count). The molecule has 3 heterocycles. The van der Waals surface area contributed by atoms with E-state index < -0.39 is 0 Å². The van der Waals surface area contributed by atoms with E-state index in [1.165, 1.54) is 134 Å². The lowest BCUT2D eigenvalue weighted by Gasteiger charge is -2.42. The van der Waals surface area contributed by atoms with Crippen LogP contribution in [0.4, 0.5) is 28.4 Å². The molecule has 0 bridgehead atoms. The van der Waals surface area contributed by atoms with Crippen LogP contribution >= 0.6 is 0 Å². The topological polar surface area (TPSA) is 11.4 Å². The van der Waals surface area contributed by atoms with Crippen LogP contribution in [0.3, 0.4) is 0 Å². The summed E-state index contributed by atoms with van der Waals surface area (Å²) >= 11 is 0. The molecule has 9 aromatic rings. The monoisotopic (exact) mass is 919 g/mol. The minimum Gasteiger partial charge on any atom is -0.314 e. The van der Waals surface area contributed by atoms with Crippen molar-refractivity contribution in [3.63, 3.8) is 0 Å². The molecule has 1 aromatic heterocycles. The zero-order valence-electron chi connectivity index (χ0n) is 42.8. The van der Waals surface area contributed by atoms with Crippen molar-refractivity contribution in [2.24, 2.45) is 0 Å². The molecule has 3 heteroatoms. The number of aryl methyl sites for hydroxylation is 1. The lowest BCUT2D eigenvalue weighted by molar-refractivity contribution is 0.593. The van der Waals surface area contributed by atoms with Crippen molar-refractivity contribution < 1.29 is 0 Å². The molecule has 0 saturated heterocycles. The second-order valence-electron chi connectivity index (χ2n) is 23.5. The number of anilines is 5. The van der Waals surface area contributed by atoms with E-state index in [9.17, 15) is 0 Å². The van der Waals surface area contributed by atoms with Crippen LogP contribution in [0.5, 0.6) is 0 Å². The van der Waals surface area contributed by atoms with Gasteiger partial charge in [-0.3, -0.25) is 0 Å². The second kappa shape index (κ2) is 14.2. The molecule has 0 radical (unpaired) electrons. The van der Waals surface area contributed by atoms with Crippen molar-refractivity contribution in [1.82, 2.24) is 4.57 Å². The summed E-state index contributed by atoms with van der Waals surface area (Å²) in [6, 6.07) is 59.0. The first-order valence-corrected chi connectivity index (χ1v) is 25.9. The molecule has 0 amide bonds. The van der Waals surface area contributed by atoms with Crippen LogP contribution in [-0.2, 0) is 21.7 Å². The van der Waals surface area contributed by atoms with E-state index in [0.29, 0.717) is 0 Å². The summed E-state index contributed by atoms with van der Waals surface area (Å²) in [4.78, 5) is 5.16. The van der Waals surface area contributed by atoms with Gasteiger partial charge in [-0.25, -0.2) is 0 Å². The summed E-state index contributed by atoms with van der Waals surface area (Å²) in [6.07, 6.45) is 6.82. The summed E-state index contributed by atoms with van der Waals surface area (Å²) in [6.45, 7) is 23.9. The van der Waals surface area contributed by atoms with Crippen LogP contribution in [0, 0.1) is 6.92 Å². The predicted octanol–water partition coefficient (Wildman–Crippen LogP) is 18.2. The summed E-state index contributed by atoms with van der Waals surface area (Å²) in [5, 5.41) is 2.60. The molecule has 0 fully saturated rings. The third-order valence-corrected chi connectivity index (χ3v) is 17.9. The first kappa shape index (κ1) is 42.5. The average molecular weight is 920 g/mol. The fraction of sp³-hybridized carbons (Fsp3) is 0.235. The highest BCUT2D eigenvalue weighted by Gasteiger charge is 2.45. The molecule has 3 nitrogen and oxygen atoms in total. The Morgan fingerprint density at radius 1 is 0.394 bits per heavy atom. The molecule has 5 aliphatic rings. The molecule has 0 unspecified atom stereocenters. The number of allylic oxidation sites excluding steroid dienone is 4. The van der Waals surface area contributed by atoms with Crippen molar-refractivity contribution in [2.45, 2.75) is 104 Å². The molecular weight excluding hydrogens is 859 g/mol. The van der Waals surface area contributed by atoms with Gasteiger partial charge in [-0.2, -0.15) is 0 Å². The molecule has 3 aliphatic carbocycles. The Kier molecular flexibility index (Phi) is 8.48. The molecule has 0 N–H and O–H groups in total. The van der Waals surface area contributed by atoms with Crippen LogP contribution in [-0.4, -0.2) is 4.57 Å². The molecule has 0 saturated carbocycles. The Labute approximate surface area is 419 Å². The Morgan fingerprint density at radius 3 is 1.54 bits per heavy atom. The highest BCUT2D eigenvalue weighted by molar-refractivity contribution is 6.16. The van der Waals surface area contributed by atoms with Crippen molar-refractivity contribution in [1.29, 1.82) is 0 Å². The third-order valence-electron chi connectivity index (χ3n) is 17.9. The number of nitrogens with zero attached hydrogens (tertiary/aromatic N) is 3. The van der Waals surface area contributed by atoms with Crippen LogP contribution in [0.15, 0.2) is 175 Å². The van der Waals surface area contributed by atoms with Gasteiger partial charge in [0.05, 0.1) is 16.7 Å². The van der Waals surface area contributed by atoms with Gasteiger partial charge in [0, 0.05) is 66.6 Å². The van der Waals surface area contributed by atoms with Crippen LogP contribution < -0.4 is 9.80 Å². The number of para-hydroxylation sites is 1. The number of rotatable bonds is 6. The Bertz CT molecular complexity index is 3920. The Hall–Kier alpha value is -7.36. The fourth-order valence-corrected chi connectivity index (χ4v) is 14.2. The number of hydrogen-bond acceptors (Lipinski definition) is 2. The lowest BCUT2D eigenvalue weighted by atomic mass is 9.68.